The first kappa shape index (κ1) is 43.8. The van der Waals surface area contributed by atoms with E-state index in [1.54, 1.807) is 24.4 Å². The predicted molar refractivity (Wildman–Crippen MR) is 336 cm³/mol. The molecule has 5 aromatic heterocycles. The molecule has 11 heteroatoms. The van der Waals surface area contributed by atoms with Gasteiger partial charge in [-0.25, -0.2) is 4.98 Å². The van der Waals surface area contributed by atoms with Crippen molar-refractivity contribution in [2.24, 2.45) is 0 Å². The van der Waals surface area contributed by atoms with Crippen molar-refractivity contribution in [1.29, 1.82) is 0 Å². The fourth-order valence-electron chi connectivity index (χ4n) is 12.0. The average molecular weight is 1290 g/mol. The number of pyridine rings is 2. The first-order valence-corrected chi connectivity index (χ1v) is 28.1. The monoisotopic (exact) mass is 1280 g/mol. The summed E-state index contributed by atoms with van der Waals surface area (Å²) in [5.74, 6) is 2.05. The summed E-state index contributed by atoms with van der Waals surface area (Å²) >= 11 is 0. The van der Waals surface area contributed by atoms with E-state index in [-0.39, 0.29) is 79.3 Å². The van der Waals surface area contributed by atoms with Gasteiger partial charge < -0.3 is 27.7 Å². The van der Waals surface area contributed by atoms with E-state index in [2.05, 4.69) is 137 Å². The summed E-state index contributed by atoms with van der Waals surface area (Å²) < 4.78 is 110. The second-order valence-corrected chi connectivity index (χ2v) is 22.7. The van der Waals surface area contributed by atoms with Gasteiger partial charge in [-0.2, -0.15) is 22.1 Å². The summed E-state index contributed by atoms with van der Waals surface area (Å²) in [6.07, 6.45) is 7.68. The van der Waals surface area contributed by atoms with E-state index in [9.17, 15) is 0 Å². The van der Waals surface area contributed by atoms with Gasteiger partial charge in [0.25, 0.3) is 6.01 Å². The summed E-state index contributed by atoms with van der Waals surface area (Å²) in [5, 5.41) is 1.99. The van der Waals surface area contributed by atoms with Crippen molar-refractivity contribution >= 4 is 61.8 Å². The van der Waals surface area contributed by atoms with Gasteiger partial charge >= 0.3 is 6.85 Å². The zero-order chi connectivity index (χ0) is 65.2. The molecular formula is C73H62BN7O2Pt-2. The number of benzene rings is 8. The van der Waals surface area contributed by atoms with Crippen LogP contribution in [-0.2, 0) is 39.4 Å². The summed E-state index contributed by atoms with van der Waals surface area (Å²) in [6, 6.07) is 44.6. The SMILES string of the molecule is [2H]c1c([2H])c([2H])c(-c2cccc(-c3c([2H])c([2H])c([2H])c([2H])c3[2H])c2CCC[n+]2[c-]n(-c3[c-]c(Oc4[c-]c5c(cc4)c4ccccc4n5-c4cc(C(C)(C)C)ccn4)c4c(c3)B(c3c(C(C)C)cccc3C(C)C)n3c(nc5ccccc53)O4)c3cccnc32)c([2H])c1[2H].[Pt]. The van der Waals surface area contributed by atoms with Crippen LogP contribution in [-0.4, -0.2) is 35.4 Å². The molecule has 0 N–H and O–H groups in total. The number of imidazole rings is 2. The van der Waals surface area contributed by atoms with Crippen LogP contribution in [0.15, 0.2) is 200 Å². The molecule has 0 amide bonds. The standard InChI is InChI=1S/C73H62BN7O2.Pt/c1-47(2)54-27-18-28-55(48(3)4)69(54)74-61-43-52(79-46-78(71-65(79)35-20-39-76-71)41-21-31-58-56(49-22-10-8-11-23-49)29-19-30-57(58)50-24-12-9-13-25-50)44-67(70(61)83-72-77-62-32-15-17-34-64(62)81(72)74)82-53-36-37-60-59-26-14-16-33-63(59)80(66(60)45-53)68-42-51(38-40-75-68)73(5,6)7;/h8-20,22-30,32-40,42-43,47-48H,21,31,41H2,1-7H3;/q-2;/i8D,9D,10D,11D,12D,13D,22D,23D,24D,25D;. The number of aromatic nitrogens is 7. The van der Waals surface area contributed by atoms with E-state index in [1.165, 1.54) is 11.1 Å². The minimum atomic E-state index is -0.554. The third kappa shape index (κ3) is 9.60. The Labute approximate surface area is 519 Å². The van der Waals surface area contributed by atoms with E-state index < -0.39 is 67.3 Å². The fraction of sp³-hybridized carbons (Fsp3) is 0.178. The molecule has 416 valence electrons. The smallest absolute Gasteiger partial charge is 0.312 e. The largest absolute Gasteiger partial charge is 0.506 e. The van der Waals surface area contributed by atoms with Crippen LogP contribution in [0, 0.1) is 18.5 Å². The summed E-state index contributed by atoms with van der Waals surface area (Å²) in [7, 11) is 0. The Morgan fingerprint density at radius 2 is 1.37 bits per heavy atom. The van der Waals surface area contributed by atoms with Crippen LogP contribution in [0.5, 0.6) is 23.3 Å². The van der Waals surface area contributed by atoms with Crippen LogP contribution in [0.1, 0.15) is 103 Å². The molecule has 0 saturated carbocycles. The number of aryl methyl sites for hydroxylation is 1. The minimum absolute atomic E-state index is 0. The molecule has 14 rings (SSSR count). The van der Waals surface area contributed by atoms with Crippen molar-refractivity contribution in [3.05, 3.63) is 241 Å². The van der Waals surface area contributed by atoms with Crippen molar-refractivity contribution in [1.82, 2.24) is 28.6 Å². The zero-order valence-electron chi connectivity index (χ0n) is 57.4. The van der Waals surface area contributed by atoms with Gasteiger partial charge in [-0.05, 0) is 122 Å². The molecule has 9 nitrogen and oxygen atoms in total. The average Bonchev–Trinajstić information content (AvgIpc) is 1.41. The van der Waals surface area contributed by atoms with Crippen LogP contribution in [0.2, 0.25) is 0 Å². The number of ether oxygens (including phenoxy) is 2. The Kier molecular flexibility index (Phi) is 11.5. The summed E-state index contributed by atoms with van der Waals surface area (Å²) in [4.78, 5) is 15.0. The first-order chi connectivity index (χ1) is 44.6. The van der Waals surface area contributed by atoms with Gasteiger partial charge in [-0.3, -0.25) is 0 Å². The van der Waals surface area contributed by atoms with Crippen molar-refractivity contribution in [3.8, 4) is 57.0 Å². The number of para-hydroxylation sites is 3. The number of hydrogen-bond donors (Lipinski definition) is 0. The number of fused-ring (bicyclic) bond motifs is 8. The zero-order valence-corrected chi connectivity index (χ0v) is 49.7. The first-order valence-electron chi connectivity index (χ1n) is 33.1. The molecule has 6 heterocycles. The van der Waals surface area contributed by atoms with Gasteiger partial charge in [0.1, 0.15) is 5.82 Å². The van der Waals surface area contributed by atoms with Crippen molar-refractivity contribution in [2.45, 2.75) is 85.1 Å². The second-order valence-electron chi connectivity index (χ2n) is 22.7. The van der Waals surface area contributed by atoms with Crippen LogP contribution in [0.3, 0.4) is 0 Å². The molecule has 0 bridgehead atoms. The fourth-order valence-corrected chi connectivity index (χ4v) is 12.0. The predicted octanol–water partition coefficient (Wildman–Crippen LogP) is 15.6. The molecule has 0 fully saturated rings. The van der Waals surface area contributed by atoms with E-state index in [4.69, 9.17) is 38.1 Å². The molecule has 13 aromatic rings. The van der Waals surface area contributed by atoms with Gasteiger partial charge in [-0.1, -0.05) is 193 Å². The van der Waals surface area contributed by atoms with Gasteiger partial charge in [0.05, 0.1) is 48.7 Å². The molecule has 0 saturated heterocycles. The maximum absolute atomic E-state index is 9.07. The van der Waals surface area contributed by atoms with E-state index in [0.29, 0.717) is 46.3 Å². The van der Waals surface area contributed by atoms with Gasteiger partial charge in [0.2, 0.25) is 0 Å². The molecular weight excluding hydrogens is 1210 g/mol. The van der Waals surface area contributed by atoms with Crippen molar-refractivity contribution < 1.29 is 48.8 Å². The van der Waals surface area contributed by atoms with E-state index in [1.807, 2.05) is 63.9 Å². The Balaban J connectivity index is 0.00000803. The van der Waals surface area contributed by atoms with Crippen LogP contribution >= 0.6 is 0 Å². The van der Waals surface area contributed by atoms with Crippen molar-refractivity contribution in [3.63, 3.8) is 0 Å². The topological polar surface area (TPSA) is 75.8 Å². The summed E-state index contributed by atoms with van der Waals surface area (Å²) in [5.41, 5.74) is 11.2. The summed E-state index contributed by atoms with van der Waals surface area (Å²) in [6.45, 7) is 15.2. The Bertz CT molecular complexity index is 5080. The van der Waals surface area contributed by atoms with Gasteiger partial charge in [0.15, 0.2) is 12.0 Å². The third-order valence-electron chi connectivity index (χ3n) is 15.9. The van der Waals surface area contributed by atoms with Crippen LogP contribution in [0.4, 0.5) is 0 Å². The molecule has 1 aliphatic heterocycles. The Hall–Kier alpha value is -8.85. The van der Waals surface area contributed by atoms with Gasteiger partial charge in [-0.15, -0.1) is 29.0 Å². The van der Waals surface area contributed by atoms with Gasteiger partial charge in [0, 0.05) is 44.3 Å². The molecule has 0 unspecified atom stereocenters. The van der Waals surface area contributed by atoms with Crippen LogP contribution < -0.4 is 25.0 Å². The minimum Gasteiger partial charge on any atom is -0.506 e. The molecule has 84 heavy (non-hydrogen) atoms. The molecule has 8 aromatic carbocycles. The molecule has 0 radical (unpaired) electrons. The van der Waals surface area contributed by atoms with E-state index in [0.717, 1.165) is 55.1 Å². The molecule has 0 spiro atoms. The van der Waals surface area contributed by atoms with Crippen LogP contribution in [0.25, 0.3) is 77.8 Å². The number of hydrogen-bond acceptors (Lipinski definition) is 5. The quantitative estimate of drug-likeness (QED) is 0.0653. The maximum Gasteiger partial charge on any atom is 0.312 e. The molecule has 1 aliphatic rings. The van der Waals surface area contributed by atoms with E-state index >= 15 is 0 Å². The maximum atomic E-state index is 9.07. The van der Waals surface area contributed by atoms with Crippen molar-refractivity contribution in [2.75, 3.05) is 0 Å². The molecule has 0 atom stereocenters. The normalized spacial score (nSPS) is 14.0. The number of rotatable bonds is 13. The number of nitrogens with zero attached hydrogens (tertiary/aromatic N) is 7. The Morgan fingerprint density at radius 1 is 0.690 bits per heavy atom. The Morgan fingerprint density at radius 3 is 2.08 bits per heavy atom. The third-order valence-corrected chi connectivity index (χ3v) is 15.9. The molecule has 0 aliphatic carbocycles. The second kappa shape index (κ2) is 22.0.